The summed E-state index contributed by atoms with van der Waals surface area (Å²) in [5, 5.41) is 17.0. The number of rotatable bonds is 5. The van der Waals surface area contributed by atoms with Crippen LogP contribution < -0.4 is 9.47 Å². The number of carboxylic acid groups (broad SMARTS) is 1. The average molecular weight is 289 g/mol. The third-order valence-electron chi connectivity index (χ3n) is 3.33. The minimum Gasteiger partial charge on any atom is -0.476 e. The van der Waals surface area contributed by atoms with Crippen LogP contribution in [-0.4, -0.2) is 32.9 Å². The van der Waals surface area contributed by atoms with Gasteiger partial charge >= 0.3 is 5.97 Å². The van der Waals surface area contributed by atoms with Crippen molar-refractivity contribution in [1.82, 2.24) is 15.0 Å². The topological polar surface area (TPSA) is 86.5 Å². The van der Waals surface area contributed by atoms with Crippen LogP contribution in [0.5, 0.6) is 11.5 Å². The molecule has 3 rings (SSSR count). The predicted molar refractivity (Wildman–Crippen MR) is 73.1 cm³/mol. The molecule has 0 saturated heterocycles. The van der Waals surface area contributed by atoms with Crippen LogP contribution >= 0.6 is 0 Å². The molecule has 0 bridgehead atoms. The van der Waals surface area contributed by atoms with Gasteiger partial charge < -0.3 is 14.6 Å². The number of aromatic carboxylic acids is 1. The summed E-state index contributed by atoms with van der Waals surface area (Å²) in [5.74, 6) is 0.238. The largest absolute Gasteiger partial charge is 0.476 e. The Labute approximate surface area is 121 Å². The first-order valence-corrected chi connectivity index (χ1v) is 6.78. The Morgan fingerprint density at radius 3 is 2.95 bits per heavy atom. The summed E-state index contributed by atoms with van der Waals surface area (Å²) >= 11 is 0. The lowest BCUT2D eigenvalue weighted by Gasteiger charge is -2.07. The van der Waals surface area contributed by atoms with E-state index in [0.717, 1.165) is 12.8 Å². The molecule has 2 aromatic rings. The number of hydrogen-bond donors (Lipinski definition) is 1. The number of aromatic nitrogens is 3. The smallest absolute Gasteiger partial charge is 0.358 e. The summed E-state index contributed by atoms with van der Waals surface area (Å²) in [6, 6.07) is 5.37. The Bertz CT molecular complexity index is 681. The van der Waals surface area contributed by atoms with Gasteiger partial charge in [-0.15, -0.1) is 5.10 Å². The third-order valence-corrected chi connectivity index (χ3v) is 3.33. The molecule has 7 nitrogen and oxygen atoms in total. The second kappa shape index (κ2) is 5.43. The minimum atomic E-state index is -1.06. The van der Waals surface area contributed by atoms with E-state index in [2.05, 4.69) is 17.2 Å². The zero-order valence-corrected chi connectivity index (χ0v) is 11.6. The zero-order valence-electron chi connectivity index (χ0n) is 11.6. The van der Waals surface area contributed by atoms with Crippen LogP contribution in [0.3, 0.4) is 0 Å². The van der Waals surface area contributed by atoms with Gasteiger partial charge in [0.1, 0.15) is 0 Å². The summed E-state index contributed by atoms with van der Waals surface area (Å²) in [6.07, 6.45) is 2.45. The molecule has 1 N–H and O–H groups in total. The van der Waals surface area contributed by atoms with Gasteiger partial charge in [-0.1, -0.05) is 18.6 Å². The van der Waals surface area contributed by atoms with Gasteiger partial charge in [0.15, 0.2) is 17.2 Å². The van der Waals surface area contributed by atoms with Crippen LogP contribution in [0.15, 0.2) is 18.2 Å². The second-order valence-corrected chi connectivity index (χ2v) is 4.74. The van der Waals surface area contributed by atoms with E-state index in [9.17, 15) is 9.90 Å². The van der Waals surface area contributed by atoms with E-state index in [0.29, 0.717) is 29.3 Å². The van der Waals surface area contributed by atoms with Crippen LogP contribution in [0.1, 0.15) is 35.9 Å². The minimum absolute atomic E-state index is 0.00103. The Morgan fingerprint density at radius 2 is 2.19 bits per heavy atom. The molecule has 1 aliphatic heterocycles. The molecule has 0 saturated carbocycles. The van der Waals surface area contributed by atoms with Gasteiger partial charge in [0.05, 0.1) is 11.4 Å². The van der Waals surface area contributed by atoms with Crippen molar-refractivity contribution in [2.24, 2.45) is 0 Å². The number of hydrogen-bond acceptors (Lipinski definition) is 5. The quantitative estimate of drug-likeness (QED) is 0.906. The van der Waals surface area contributed by atoms with Crippen molar-refractivity contribution in [3.8, 4) is 17.2 Å². The van der Waals surface area contributed by atoms with Crippen LogP contribution in [0.2, 0.25) is 0 Å². The highest BCUT2D eigenvalue weighted by Crippen LogP contribution is 2.33. The third kappa shape index (κ3) is 2.42. The van der Waals surface area contributed by atoms with E-state index >= 15 is 0 Å². The number of benzene rings is 1. The molecule has 0 atom stereocenters. The molecule has 1 aromatic carbocycles. The van der Waals surface area contributed by atoms with Gasteiger partial charge in [-0.3, -0.25) is 0 Å². The van der Waals surface area contributed by atoms with Gasteiger partial charge in [0, 0.05) is 6.07 Å². The Balaban J connectivity index is 2.03. The normalized spacial score (nSPS) is 12.6. The first kappa shape index (κ1) is 13.4. The van der Waals surface area contributed by atoms with E-state index in [1.54, 1.807) is 16.8 Å². The molecular weight excluding hydrogens is 274 g/mol. The van der Waals surface area contributed by atoms with Crippen molar-refractivity contribution < 1.29 is 19.4 Å². The van der Waals surface area contributed by atoms with Gasteiger partial charge in [0.2, 0.25) is 6.79 Å². The molecule has 110 valence electrons. The van der Waals surface area contributed by atoms with Crippen LogP contribution in [0.25, 0.3) is 5.69 Å². The van der Waals surface area contributed by atoms with E-state index in [1.165, 1.54) is 0 Å². The summed E-state index contributed by atoms with van der Waals surface area (Å²) in [6.45, 7) is 2.24. The van der Waals surface area contributed by atoms with E-state index in [1.807, 2.05) is 6.07 Å². The number of fused-ring (bicyclic) bond motifs is 1. The lowest BCUT2D eigenvalue weighted by molar-refractivity contribution is 0.0689. The highest BCUT2D eigenvalue weighted by molar-refractivity contribution is 5.86. The Kier molecular flexibility index (Phi) is 3.47. The van der Waals surface area contributed by atoms with Crippen LogP contribution in [0, 0.1) is 0 Å². The monoisotopic (exact) mass is 289 g/mol. The number of nitrogens with zero attached hydrogens (tertiary/aromatic N) is 3. The van der Waals surface area contributed by atoms with Gasteiger partial charge in [-0.2, -0.15) is 0 Å². The van der Waals surface area contributed by atoms with Gasteiger partial charge in [0.25, 0.3) is 0 Å². The maximum absolute atomic E-state index is 11.3. The van der Waals surface area contributed by atoms with E-state index in [-0.39, 0.29) is 12.5 Å². The van der Waals surface area contributed by atoms with Crippen molar-refractivity contribution in [2.75, 3.05) is 6.79 Å². The number of ether oxygens (including phenoxy) is 2. The van der Waals surface area contributed by atoms with E-state index < -0.39 is 5.97 Å². The molecule has 0 spiro atoms. The summed E-state index contributed by atoms with van der Waals surface area (Å²) in [7, 11) is 0. The maximum Gasteiger partial charge on any atom is 0.358 e. The molecule has 0 amide bonds. The lowest BCUT2D eigenvalue weighted by Crippen LogP contribution is -2.07. The molecular formula is C14H15N3O4. The van der Waals surface area contributed by atoms with Gasteiger partial charge in [-0.05, 0) is 25.0 Å². The molecule has 21 heavy (non-hydrogen) atoms. The fraction of sp³-hybridized carbons (Fsp3) is 0.357. The molecule has 0 fully saturated rings. The summed E-state index contributed by atoms with van der Waals surface area (Å²) in [5.41, 5.74) is 1.31. The molecule has 7 heteroatoms. The Morgan fingerprint density at radius 1 is 1.38 bits per heavy atom. The molecule has 0 aliphatic carbocycles. The highest BCUT2D eigenvalue weighted by atomic mass is 16.7. The van der Waals surface area contributed by atoms with Crippen molar-refractivity contribution in [2.45, 2.75) is 26.2 Å². The summed E-state index contributed by atoms with van der Waals surface area (Å²) in [4.78, 5) is 11.3. The molecule has 1 aromatic heterocycles. The highest BCUT2D eigenvalue weighted by Gasteiger charge is 2.21. The van der Waals surface area contributed by atoms with Crippen molar-refractivity contribution in [1.29, 1.82) is 0 Å². The number of carboxylic acids is 1. The molecule has 2 heterocycles. The fourth-order valence-electron chi connectivity index (χ4n) is 2.26. The maximum atomic E-state index is 11.3. The standard InChI is InChI=1S/C14H15N3O4/c1-2-3-4-10-13(14(18)19)15-16-17(10)9-5-6-11-12(7-9)21-8-20-11/h5-7H,2-4,8H2,1H3,(H,18,19). The average Bonchev–Trinajstić information content (AvgIpc) is 3.10. The molecule has 0 radical (unpaired) electrons. The first-order valence-electron chi connectivity index (χ1n) is 6.78. The Hall–Kier alpha value is -2.57. The fourth-order valence-corrected chi connectivity index (χ4v) is 2.26. The predicted octanol–water partition coefficient (Wildman–Crippen LogP) is 2.04. The zero-order chi connectivity index (χ0) is 14.8. The molecule has 0 unspecified atom stereocenters. The van der Waals surface area contributed by atoms with Crippen LogP contribution in [-0.2, 0) is 6.42 Å². The lowest BCUT2D eigenvalue weighted by atomic mass is 10.1. The number of carbonyl (C=O) groups is 1. The van der Waals surface area contributed by atoms with E-state index in [4.69, 9.17) is 9.47 Å². The van der Waals surface area contributed by atoms with Crippen LogP contribution in [0.4, 0.5) is 0 Å². The summed E-state index contributed by atoms with van der Waals surface area (Å²) < 4.78 is 12.2. The van der Waals surface area contributed by atoms with Crippen molar-refractivity contribution >= 4 is 5.97 Å². The van der Waals surface area contributed by atoms with Crippen molar-refractivity contribution in [3.63, 3.8) is 0 Å². The van der Waals surface area contributed by atoms with Crippen molar-refractivity contribution in [3.05, 3.63) is 29.6 Å². The first-order chi connectivity index (χ1) is 10.2. The molecule has 1 aliphatic rings. The van der Waals surface area contributed by atoms with Gasteiger partial charge in [-0.25, -0.2) is 9.48 Å². The SMILES string of the molecule is CCCCc1c(C(=O)O)nnn1-c1ccc2c(c1)OCO2. The number of unbranched alkanes of at least 4 members (excludes halogenated alkanes) is 1. The second-order valence-electron chi connectivity index (χ2n) is 4.74.